The van der Waals surface area contributed by atoms with Gasteiger partial charge in [0.15, 0.2) is 11.5 Å². The van der Waals surface area contributed by atoms with Crippen LogP contribution in [0.3, 0.4) is 0 Å². The zero-order valence-electron chi connectivity index (χ0n) is 19.9. The maximum Gasteiger partial charge on any atom is 0.168 e. The summed E-state index contributed by atoms with van der Waals surface area (Å²) >= 11 is 1.67. The Balaban J connectivity index is 1.32. The van der Waals surface area contributed by atoms with Crippen LogP contribution in [0.2, 0.25) is 0 Å². The monoisotopic (exact) mass is 483 g/mol. The third-order valence-electron chi connectivity index (χ3n) is 5.48. The molecule has 9 heteroatoms. The number of rotatable bonds is 6. The average molecular weight is 484 g/mol. The Morgan fingerprint density at radius 1 is 1.09 bits per heavy atom. The number of anilines is 1. The molecule has 0 bridgehead atoms. The average Bonchev–Trinajstić information content (AvgIpc) is 3.53. The number of aromatic nitrogens is 5. The number of thiazole rings is 1. The minimum atomic E-state index is 0.0455. The van der Waals surface area contributed by atoms with E-state index in [1.165, 1.54) is 6.33 Å². The van der Waals surface area contributed by atoms with Crippen molar-refractivity contribution < 1.29 is 4.74 Å². The molecule has 2 aromatic carbocycles. The molecular formula is C26H25N7OS. The molecule has 0 unspecified atom stereocenters. The van der Waals surface area contributed by atoms with Gasteiger partial charge in [0.1, 0.15) is 17.1 Å². The second kappa shape index (κ2) is 9.27. The number of hydrazone groups is 1. The smallest absolute Gasteiger partial charge is 0.168 e. The fourth-order valence-electron chi connectivity index (χ4n) is 3.49. The van der Waals surface area contributed by atoms with Crippen molar-refractivity contribution in [3.8, 4) is 22.0 Å². The van der Waals surface area contributed by atoms with E-state index in [-0.39, 0.29) is 5.41 Å². The summed E-state index contributed by atoms with van der Waals surface area (Å²) in [5, 5.41) is 12.8. The number of nitrogens with one attached hydrogen (secondary N) is 1. The fraction of sp³-hybridized carbons (Fsp3) is 0.192. The van der Waals surface area contributed by atoms with E-state index in [0.29, 0.717) is 11.5 Å². The van der Waals surface area contributed by atoms with Gasteiger partial charge in [-0.1, -0.05) is 51.1 Å². The van der Waals surface area contributed by atoms with Crippen molar-refractivity contribution in [1.29, 1.82) is 0 Å². The lowest BCUT2D eigenvalue weighted by Gasteiger charge is -2.14. The lowest BCUT2D eigenvalue weighted by Crippen LogP contribution is -2.11. The Bertz CT molecular complexity index is 1500. The van der Waals surface area contributed by atoms with E-state index in [1.54, 1.807) is 35.5 Å². The molecular weight excluding hydrogens is 458 g/mol. The van der Waals surface area contributed by atoms with E-state index < -0.39 is 0 Å². The SMILES string of the molecule is COc1cccc(-n2ncc3c(NN=Cc4ccc(-c5nc(C(C)(C)C)cs5)cc4)ncnc32)c1. The van der Waals surface area contributed by atoms with E-state index in [9.17, 15) is 0 Å². The van der Waals surface area contributed by atoms with E-state index in [1.807, 2.05) is 36.4 Å². The van der Waals surface area contributed by atoms with Crippen molar-refractivity contribution in [3.63, 3.8) is 0 Å². The summed E-state index contributed by atoms with van der Waals surface area (Å²) < 4.78 is 7.07. The van der Waals surface area contributed by atoms with Gasteiger partial charge >= 0.3 is 0 Å². The molecule has 0 fully saturated rings. The number of hydrogen-bond donors (Lipinski definition) is 1. The molecule has 0 aliphatic rings. The molecule has 0 saturated carbocycles. The summed E-state index contributed by atoms with van der Waals surface area (Å²) in [6.07, 6.45) is 4.97. The normalized spacial score (nSPS) is 11.9. The molecule has 0 aliphatic carbocycles. The van der Waals surface area contributed by atoms with Crippen molar-refractivity contribution in [2.45, 2.75) is 26.2 Å². The second-order valence-corrected chi connectivity index (χ2v) is 9.86. The van der Waals surface area contributed by atoms with Crippen molar-refractivity contribution in [3.05, 3.63) is 77.7 Å². The van der Waals surface area contributed by atoms with Gasteiger partial charge < -0.3 is 4.74 Å². The number of ether oxygens (including phenoxy) is 1. The molecule has 3 aromatic heterocycles. The van der Waals surface area contributed by atoms with Crippen LogP contribution in [-0.2, 0) is 5.41 Å². The maximum atomic E-state index is 5.32. The highest BCUT2D eigenvalue weighted by Crippen LogP contribution is 2.30. The van der Waals surface area contributed by atoms with Gasteiger partial charge in [-0.25, -0.2) is 19.6 Å². The van der Waals surface area contributed by atoms with Crippen LogP contribution in [0.5, 0.6) is 5.75 Å². The zero-order chi connectivity index (χ0) is 24.4. The summed E-state index contributed by atoms with van der Waals surface area (Å²) in [5.41, 5.74) is 7.76. The molecule has 0 radical (unpaired) electrons. The quantitative estimate of drug-likeness (QED) is 0.246. The molecule has 0 saturated heterocycles. The number of benzene rings is 2. The highest BCUT2D eigenvalue weighted by atomic mass is 32.1. The molecule has 0 amide bonds. The molecule has 3 heterocycles. The van der Waals surface area contributed by atoms with Gasteiger partial charge in [-0.15, -0.1) is 11.3 Å². The molecule has 0 atom stereocenters. The van der Waals surface area contributed by atoms with Gasteiger partial charge in [-0.05, 0) is 17.7 Å². The summed E-state index contributed by atoms with van der Waals surface area (Å²) in [6.45, 7) is 6.52. The second-order valence-electron chi connectivity index (χ2n) is 9.00. The Hall–Kier alpha value is -4.11. The topological polar surface area (TPSA) is 90.1 Å². The van der Waals surface area contributed by atoms with Crippen LogP contribution in [0, 0.1) is 0 Å². The van der Waals surface area contributed by atoms with Gasteiger partial charge in [0.05, 0.1) is 36.3 Å². The Morgan fingerprint density at radius 2 is 1.91 bits per heavy atom. The standard InChI is InChI=1S/C26H25N7OS/c1-26(2,3)22-15-35-25(31-22)18-10-8-17(9-11-18)13-29-32-23-21-14-30-33(24(21)28-16-27-23)19-6-5-7-20(12-19)34-4/h5-16H,1-4H3,(H,27,28,32). The molecule has 0 aliphatic heterocycles. The van der Waals surface area contributed by atoms with E-state index in [2.05, 4.69) is 63.9 Å². The van der Waals surface area contributed by atoms with Gasteiger partial charge in [-0.3, -0.25) is 5.43 Å². The zero-order valence-corrected chi connectivity index (χ0v) is 20.7. The highest BCUT2D eigenvalue weighted by molar-refractivity contribution is 7.13. The number of nitrogens with zero attached hydrogens (tertiary/aromatic N) is 6. The molecule has 1 N–H and O–H groups in total. The lowest BCUT2D eigenvalue weighted by atomic mass is 9.93. The van der Waals surface area contributed by atoms with Crippen molar-refractivity contribution >= 4 is 34.4 Å². The van der Waals surface area contributed by atoms with Crippen LogP contribution in [0.25, 0.3) is 27.3 Å². The molecule has 0 spiro atoms. The van der Waals surface area contributed by atoms with Gasteiger partial charge in [-0.2, -0.15) is 10.2 Å². The van der Waals surface area contributed by atoms with Crippen LogP contribution >= 0.6 is 11.3 Å². The lowest BCUT2D eigenvalue weighted by molar-refractivity contribution is 0.414. The van der Waals surface area contributed by atoms with Crippen LogP contribution in [0.1, 0.15) is 32.0 Å². The Labute approximate surface area is 207 Å². The van der Waals surface area contributed by atoms with Gasteiger partial charge in [0.2, 0.25) is 0 Å². The third kappa shape index (κ3) is 4.76. The molecule has 5 rings (SSSR count). The predicted molar refractivity (Wildman–Crippen MR) is 141 cm³/mol. The Morgan fingerprint density at radius 3 is 2.66 bits per heavy atom. The first-order valence-corrected chi connectivity index (χ1v) is 12.0. The minimum absolute atomic E-state index is 0.0455. The summed E-state index contributed by atoms with van der Waals surface area (Å²) in [6, 6.07) is 15.8. The van der Waals surface area contributed by atoms with Gasteiger partial charge in [0.25, 0.3) is 0 Å². The predicted octanol–water partition coefficient (Wildman–Crippen LogP) is 5.69. The van der Waals surface area contributed by atoms with Crippen molar-refractivity contribution in [2.75, 3.05) is 12.5 Å². The first-order chi connectivity index (χ1) is 16.9. The van der Waals surface area contributed by atoms with Crippen LogP contribution < -0.4 is 10.2 Å². The van der Waals surface area contributed by atoms with Crippen LogP contribution in [0.15, 0.2) is 71.5 Å². The largest absolute Gasteiger partial charge is 0.497 e. The fourth-order valence-corrected chi connectivity index (χ4v) is 4.55. The summed E-state index contributed by atoms with van der Waals surface area (Å²) in [5.74, 6) is 1.33. The Kier molecular flexibility index (Phi) is 6.00. The first-order valence-electron chi connectivity index (χ1n) is 11.1. The van der Waals surface area contributed by atoms with Crippen LogP contribution in [0.4, 0.5) is 5.82 Å². The highest BCUT2D eigenvalue weighted by Gasteiger charge is 2.18. The number of hydrogen-bond acceptors (Lipinski definition) is 8. The van der Waals surface area contributed by atoms with Crippen molar-refractivity contribution in [1.82, 2.24) is 24.7 Å². The third-order valence-corrected chi connectivity index (χ3v) is 6.37. The molecule has 35 heavy (non-hydrogen) atoms. The molecule has 8 nitrogen and oxygen atoms in total. The summed E-state index contributed by atoms with van der Waals surface area (Å²) in [7, 11) is 1.64. The van der Waals surface area contributed by atoms with Gasteiger partial charge in [0, 0.05) is 22.4 Å². The van der Waals surface area contributed by atoms with Crippen molar-refractivity contribution in [2.24, 2.45) is 5.10 Å². The van der Waals surface area contributed by atoms with E-state index in [0.717, 1.165) is 38.7 Å². The van der Waals surface area contributed by atoms with E-state index in [4.69, 9.17) is 9.72 Å². The minimum Gasteiger partial charge on any atom is -0.497 e. The molecule has 5 aromatic rings. The van der Waals surface area contributed by atoms with Crippen LogP contribution in [-0.4, -0.2) is 38.1 Å². The van der Waals surface area contributed by atoms with E-state index >= 15 is 0 Å². The first kappa shape index (κ1) is 22.7. The number of fused-ring (bicyclic) bond motifs is 1. The summed E-state index contributed by atoms with van der Waals surface area (Å²) in [4.78, 5) is 13.5. The maximum absolute atomic E-state index is 5.32. The molecule has 176 valence electrons. The number of methoxy groups -OCH3 is 1.